The largest absolute Gasteiger partial charge is 0.347 e. The molecule has 0 radical (unpaired) electrons. The third-order valence-corrected chi connectivity index (χ3v) is 3.30. The van der Waals surface area contributed by atoms with Crippen LogP contribution in [-0.2, 0) is 18.8 Å². The first-order valence-electron chi connectivity index (χ1n) is 4.58. The molecule has 0 bridgehead atoms. The molecule has 1 aromatic heterocycles. The molecule has 1 aromatic rings. The summed E-state index contributed by atoms with van der Waals surface area (Å²) in [5.74, 6) is 0.695. The third-order valence-electron chi connectivity index (χ3n) is 1.97. The summed E-state index contributed by atoms with van der Waals surface area (Å²) in [7, 11) is 1.47. The molecule has 1 rings (SSSR count). The number of thioether (sulfide) groups is 1. The number of nitrogens with zero attached hydrogens (tertiary/aromatic N) is 3. The lowest BCUT2D eigenvalue weighted by atomic mass is 10.6. The van der Waals surface area contributed by atoms with Gasteiger partial charge in [-0.05, 0) is 0 Å². The van der Waals surface area contributed by atoms with Crippen LogP contribution >= 0.6 is 24.4 Å². The van der Waals surface area contributed by atoms with E-state index in [0.717, 1.165) is 4.57 Å². The second kappa shape index (κ2) is 4.98. The predicted molar refractivity (Wildman–Crippen MR) is 65.6 cm³/mol. The maximum absolute atomic E-state index is 11.6. The number of rotatable bonds is 4. The Balaban J connectivity index is 3.11. The van der Waals surface area contributed by atoms with E-state index in [9.17, 15) is 9.59 Å². The summed E-state index contributed by atoms with van der Waals surface area (Å²) < 4.78 is 3.85. The zero-order valence-corrected chi connectivity index (χ0v) is 10.7. The van der Waals surface area contributed by atoms with Crippen LogP contribution in [-0.4, -0.2) is 19.2 Å². The van der Waals surface area contributed by atoms with Crippen LogP contribution in [0.25, 0.3) is 0 Å². The summed E-state index contributed by atoms with van der Waals surface area (Å²) in [4.78, 5) is 23.2. The van der Waals surface area contributed by atoms with Gasteiger partial charge in [0.1, 0.15) is 0 Å². The summed E-state index contributed by atoms with van der Waals surface area (Å²) in [6.07, 6.45) is 0. The maximum atomic E-state index is 11.6. The van der Waals surface area contributed by atoms with Crippen LogP contribution in [0.4, 0.5) is 0 Å². The molecule has 0 aliphatic rings. The van der Waals surface area contributed by atoms with E-state index in [2.05, 4.69) is 12.6 Å². The van der Waals surface area contributed by atoms with E-state index in [1.807, 2.05) is 13.8 Å². The van der Waals surface area contributed by atoms with Crippen LogP contribution in [0, 0.1) is 0 Å². The zero-order valence-electron chi connectivity index (χ0n) is 9.01. The molecule has 0 amide bonds. The standard InChI is InChI=1S/C8H15N3O2S2/c1-6(2)15-5-11-8(13)9(3)7(12)10(11)4-14/h6,14H,4-5H2,1-3H3. The molecular weight excluding hydrogens is 234 g/mol. The van der Waals surface area contributed by atoms with E-state index in [0.29, 0.717) is 11.1 Å². The van der Waals surface area contributed by atoms with Crippen molar-refractivity contribution in [3.05, 3.63) is 21.0 Å². The molecule has 1 heterocycles. The van der Waals surface area contributed by atoms with Gasteiger partial charge in [0.2, 0.25) is 0 Å². The summed E-state index contributed by atoms with van der Waals surface area (Å²) >= 11 is 5.64. The Labute approximate surface area is 97.5 Å². The van der Waals surface area contributed by atoms with Crippen molar-refractivity contribution in [2.75, 3.05) is 0 Å². The molecule has 7 heteroatoms. The van der Waals surface area contributed by atoms with Crippen LogP contribution < -0.4 is 11.4 Å². The average Bonchev–Trinajstić information content (AvgIpc) is 2.39. The smallest absolute Gasteiger partial charge is 0.246 e. The Morgan fingerprint density at radius 2 is 1.80 bits per heavy atom. The third kappa shape index (κ3) is 2.52. The Kier molecular flexibility index (Phi) is 4.15. The fraction of sp³-hybridized carbons (Fsp3) is 0.750. The highest BCUT2D eigenvalue weighted by molar-refractivity contribution is 7.98. The van der Waals surface area contributed by atoms with E-state index in [1.54, 1.807) is 11.8 Å². The average molecular weight is 249 g/mol. The highest BCUT2D eigenvalue weighted by Gasteiger charge is 2.11. The SMILES string of the molecule is CC(C)SCn1c(=O)n(C)c(=O)n1CS. The number of hydrogen-bond donors (Lipinski definition) is 1. The van der Waals surface area contributed by atoms with Crippen molar-refractivity contribution in [3.8, 4) is 0 Å². The van der Waals surface area contributed by atoms with Gasteiger partial charge in [-0.25, -0.2) is 23.5 Å². The van der Waals surface area contributed by atoms with Gasteiger partial charge in [-0.2, -0.15) is 12.6 Å². The van der Waals surface area contributed by atoms with Crippen molar-refractivity contribution < 1.29 is 0 Å². The van der Waals surface area contributed by atoms with Gasteiger partial charge in [-0.3, -0.25) is 0 Å². The topological polar surface area (TPSA) is 48.9 Å². The van der Waals surface area contributed by atoms with Gasteiger partial charge in [0.25, 0.3) is 0 Å². The molecule has 0 saturated heterocycles. The number of hydrogen-bond acceptors (Lipinski definition) is 4. The molecular formula is C8H15N3O2S2. The van der Waals surface area contributed by atoms with Crippen LogP contribution in [0.15, 0.2) is 9.59 Å². The second-order valence-corrected chi connectivity index (χ2v) is 5.23. The normalized spacial score (nSPS) is 11.3. The van der Waals surface area contributed by atoms with Crippen LogP contribution in [0.1, 0.15) is 13.8 Å². The van der Waals surface area contributed by atoms with Crippen LogP contribution in [0.3, 0.4) is 0 Å². The van der Waals surface area contributed by atoms with E-state index < -0.39 is 0 Å². The van der Waals surface area contributed by atoms with Crippen molar-refractivity contribution in [2.45, 2.75) is 30.9 Å². The molecule has 0 spiro atoms. The number of aromatic nitrogens is 3. The summed E-state index contributed by atoms with van der Waals surface area (Å²) in [6.45, 7) is 4.09. The molecule has 5 nitrogen and oxygen atoms in total. The second-order valence-electron chi connectivity index (χ2n) is 3.41. The Bertz CT molecular complexity index is 444. The Hall–Kier alpha value is -0.560. The fourth-order valence-corrected chi connectivity index (χ4v) is 2.08. The molecule has 0 fully saturated rings. The molecule has 0 unspecified atom stereocenters. The predicted octanol–water partition coefficient (Wildman–Crippen LogP) is 0.335. The summed E-state index contributed by atoms with van der Waals surface area (Å²) in [6, 6.07) is 0. The van der Waals surface area contributed by atoms with E-state index in [1.165, 1.54) is 16.4 Å². The van der Waals surface area contributed by atoms with Crippen molar-refractivity contribution in [3.63, 3.8) is 0 Å². The van der Waals surface area contributed by atoms with Gasteiger partial charge in [0.05, 0.1) is 11.8 Å². The summed E-state index contributed by atoms with van der Waals surface area (Å²) in [5.41, 5.74) is -0.610. The highest BCUT2D eigenvalue weighted by Crippen LogP contribution is 2.10. The minimum absolute atomic E-state index is 0.216. The molecule has 0 saturated carbocycles. The van der Waals surface area contributed by atoms with Gasteiger partial charge in [0.15, 0.2) is 0 Å². The van der Waals surface area contributed by atoms with Gasteiger partial charge in [0, 0.05) is 12.3 Å². The Morgan fingerprint density at radius 3 is 2.27 bits per heavy atom. The van der Waals surface area contributed by atoms with Crippen LogP contribution in [0.5, 0.6) is 0 Å². The zero-order chi connectivity index (χ0) is 11.6. The Morgan fingerprint density at radius 1 is 1.27 bits per heavy atom. The fourth-order valence-electron chi connectivity index (χ4n) is 1.12. The lowest BCUT2D eigenvalue weighted by Crippen LogP contribution is -2.25. The minimum Gasteiger partial charge on any atom is -0.246 e. The highest BCUT2D eigenvalue weighted by atomic mass is 32.2. The first-order valence-corrected chi connectivity index (χ1v) is 6.26. The van der Waals surface area contributed by atoms with Crippen molar-refractivity contribution in [1.29, 1.82) is 0 Å². The van der Waals surface area contributed by atoms with E-state index in [-0.39, 0.29) is 17.3 Å². The van der Waals surface area contributed by atoms with Gasteiger partial charge in [-0.1, -0.05) is 13.8 Å². The molecule has 0 aliphatic heterocycles. The quantitative estimate of drug-likeness (QED) is 0.783. The minimum atomic E-state index is -0.320. The monoisotopic (exact) mass is 249 g/mol. The van der Waals surface area contributed by atoms with E-state index in [4.69, 9.17) is 0 Å². The van der Waals surface area contributed by atoms with Gasteiger partial charge < -0.3 is 0 Å². The first-order chi connectivity index (χ1) is 6.99. The molecule has 86 valence electrons. The van der Waals surface area contributed by atoms with Gasteiger partial charge in [-0.15, -0.1) is 11.8 Å². The van der Waals surface area contributed by atoms with Crippen molar-refractivity contribution in [2.24, 2.45) is 7.05 Å². The van der Waals surface area contributed by atoms with E-state index >= 15 is 0 Å². The molecule has 0 aliphatic carbocycles. The molecule has 0 aromatic carbocycles. The maximum Gasteiger partial charge on any atom is 0.347 e. The summed E-state index contributed by atoms with van der Waals surface area (Å²) in [5, 5.41) is 0.417. The molecule has 0 atom stereocenters. The first kappa shape index (κ1) is 12.5. The molecule has 15 heavy (non-hydrogen) atoms. The van der Waals surface area contributed by atoms with Gasteiger partial charge >= 0.3 is 11.4 Å². The lowest BCUT2D eigenvalue weighted by molar-refractivity contribution is 0.549. The van der Waals surface area contributed by atoms with Crippen molar-refractivity contribution >= 4 is 24.4 Å². The molecule has 0 N–H and O–H groups in total. The number of thiol groups is 1. The lowest BCUT2D eigenvalue weighted by Gasteiger charge is -2.08. The van der Waals surface area contributed by atoms with Crippen LogP contribution in [0.2, 0.25) is 0 Å². The van der Waals surface area contributed by atoms with Crippen molar-refractivity contribution in [1.82, 2.24) is 13.9 Å².